The van der Waals surface area contributed by atoms with E-state index in [9.17, 15) is 35.1 Å². The van der Waals surface area contributed by atoms with Crippen molar-refractivity contribution in [2.75, 3.05) is 13.7 Å². The van der Waals surface area contributed by atoms with Gasteiger partial charge in [-0.15, -0.1) is 13.2 Å². The number of para-hydroxylation sites is 1. The number of hydrogen-bond donors (Lipinski definition) is 0. The van der Waals surface area contributed by atoms with E-state index >= 15 is 0 Å². The smallest absolute Gasteiger partial charge is 0.493 e. The van der Waals surface area contributed by atoms with Crippen LogP contribution in [0.25, 0.3) is 0 Å². The van der Waals surface area contributed by atoms with E-state index in [1.807, 2.05) is 0 Å². The van der Waals surface area contributed by atoms with Crippen LogP contribution in [0.4, 0.5) is 35.1 Å². The Morgan fingerprint density at radius 3 is 2.26 bits per heavy atom. The van der Waals surface area contributed by atoms with Gasteiger partial charge >= 0.3 is 19.3 Å². The number of alkyl halides is 8. The molecule has 1 unspecified atom stereocenters. The van der Waals surface area contributed by atoms with Crippen molar-refractivity contribution >= 4 is 0 Å². The summed E-state index contributed by atoms with van der Waals surface area (Å²) in [6.45, 7) is -3.42. The molecule has 34 heavy (non-hydrogen) atoms. The highest BCUT2D eigenvalue weighted by Crippen LogP contribution is 2.27. The standard InChI is InChI=1S/C22H23F8NO3/c1-31(21(25,26)27)19(33-20(23)24)10-5-13-32-18-9-3-2-7-16(18)12-11-15-6-4-8-17(14-15)34-22(28,29)30/h2-4,6-9,14,19-20H,5,10-13H2,1H3. The normalized spacial score (nSPS) is 13.4. The van der Waals surface area contributed by atoms with E-state index in [0.29, 0.717) is 31.2 Å². The van der Waals surface area contributed by atoms with Crippen LogP contribution >= 0.6 is 0 Å². The molecule has 0 aliphatic carbocycles. The quantitative estimate of drug-likeness (QED) is 0.143. The minimum absolute atomic E-state index is 0.00294. The SMILES string of the molecule is CN(C(CCCOc1ccccc1CCc1cccc(OC(F)(F)F)c1)OC(F)F)C(F)(F)F. The van der Waals surface area contributed by atoms with Crippen molar-refractivity contribution in [1.29, 1.82) is 0 Å². The highest BCUT2D eigenvalue weighted by molar-refractivity contribution is 5.35. The summed E-state index contributed by atoms with van der Waals surface area (Å²) in [6, 6.07) is 12.3. The van der Waals surface area contributed by atoms with Gasteiger partial charge in [-0.05, 0) is 62.1 Å². The fraction of sp³-hybridized carbons (Fsp3) is 0.455. The molecule has 2 aromatic rings. The minimum atomic E-state index is -4.84. The molecule has 0 heterocycles. The monoisotopic (exact) mass is 501 g/mol. The van der Waals surface area contributed by atoms with Crippen LogP contribution in [0.2, 0.25) is 0 Å². The van der Waals surface area contributed by atoms with E-state index in [1.54, 1.807) is 30.3 Å². The average Bonchev–Trinajstić information content (AvgIpc) is 2.72. The van der Waals surface area contributed by atoms with Crippen molar-refractivity contribution in [2.45, 2.75) is 51.2 Å². The summed E-state index contributed by atoms with van der Waals surface area (Å²) in [5.41, 5.74) is 1.32. The van der Waals surface area contributed by atoms with E-state index in [-0.39, 0.29) is 30.1 Å². The Morgan fingerprint density at radius 2 is 1.62 bits per heavy atom. The Bertz CT molecular complexity index is 889. The van der Waals surface area contributed by atoms with Gasteiger partial charge in [0.1, 0.15) is 17.7 Å². The maximum absolute atomic E-state index is 12.8. The predicted octanol–water partition coefficient (Wildman–Crippen LogP) is 6.55. The zero-order chi connectivity index (χ0) is 25.4. The third-order valence-corrected chi connectivity index (χ3v) is 4.73. The second-order valence-corrected chi connectivity index (χ2v) is 7.22. The van der Waals surface area contributed by atoms with Crippen LogP contribution in [0.5, 0.6) is 11.5 Å². The topological polar surface area (TPSA) is 30.9 Å². The molecule has 0 aliphatic rings. The first-order chi connectivity index (χ1) is 15.8. The van der Waals surface area contributed by atoms with Gasteiger partial charge in [-0.2, -0.15) is 26.9 Å². The molecular formula is C22H23F8NO3. The van der Waals surface area contributed by atoms with Crippen LogP contribution in [-0.4, -0.2) is 44.1 Å². The van der Waals surface area contributed by atoms with Gasteiger partial charge in [0.15, 0.2) is 0 Å². The Labute approximate surface area is 191 Å². The summed E-state index contributed by atoms with van der Waals surface area (Å²) in [6.07, 6.45) is -11.1. The fourth-order valence-electron chi connectivity index (χ4n) is 3.10. The lowest BCUT2D eigenvalue weighted by molar-refractivity contribution is -0.308. The average molecular weight is 501 g/mol. The Morgan fingerprint density at radius 1 is 0.912 bits per heavy atom. The number of benzene rings is 2. The van der Waals surface area contributed by atoms with Gasteiger partial charge in [0.2, 0.25) is 0 Å². The molecule has 190 valence electrons. The van der Waals surface area contributed by atoms with Crippen LogP contribution < -0.4 is 9.47 Å². The first kappa shape index (κ1) is 27.6. The highest BCUT2D eigenvalue weighted by Gasteiger charge is 2.40. The second kappa shape index (κ2) is 12.2. The van der Waals surface area contributed by atoms with E-state index in [2.05, 4.69) is 9.47 Å². The number of hydrogen-bond acceptors (Lipinski definition) is 4. The molecule has 0 radical (unpaired) electrons. The van der Waals surface area contributed by atoms with Crippen LogP contribution in [-0.2, 0) is 17.6 Å². The third kappa shape index (κ3) is 9.72. The molecule has 0 saturated heterocycles. The first-order valence-corrected chi connectivity index (χ1v) is 10.1. The Hall–Kier alpha value is -2.60. The molecular weight excluding hydrogens is 478 g/mol. The van der Waals surface area contributed by atoms with Gasteiger partial charge in [-0.3, -0.25) is 0 Å². The highest BCUT2D eigenvalue weighted by atomic mass is 19.4. The molecule has 0 N–H and O–H groups in total. The lowest BCUT2D eigenvalue weighted by Gasteiger charge is -2.29. The molecule has 0 aliphatic heterocycles. The number of halogens is 8. The number of aryl methyl sites for hydroxylation is 2. The first-order valence-electron chi connectivity index (χ1n) is 10.1. The van der Waals surface area contributed by atoms with Gasteiger partial charge in [0.05, 0.1) is 6.61 Å². The molecule has 4 nitrogen and oxygen atoms in total. The van der Waals surface area contributed by atoms with Gasteiger partial charge in [0.25, 0.3) is 0 Å². The second-order valence-electron chi connectivity index (χ2n) is 7.22. The number of rotatable bonds is 12. The van der Waals surface area contributed by atoms with Crippen molar-refractivity contribution in [1.82, 2.24) is 4.90 Å². The predicted molar refractivity (Wildman–Crippen MR) is 106 cm³/mol. The van der Waals surface area contributed by atoms with Crippen LogP contribution in [0.3, 0.4) is 0 Å². The Kier molecular flexibility index (Phi) is 9.92. The summed E-state index contributed by atoms with van der Waals surface area (Å²) in [4.78, 5) is -0.232. The fourth-order valence-corrected chi connectivity index (χ4v) is 3.10. The largest absolute Gasteiger partial charge is 0.573 e. The zero-order valence-corrected chi connectivity index (χ0v) is 18.0. The summed E-state index contributed by atoms with van der Waals surface area (Å²) in [5.74, 6) is 0.0969. The van der Waals surface area contributed by atoms with Crippen LogP contribution in [0.15, 0.2) is 48.5 Å². The van der Waals surface area contributed by atoms with Gasteiger partial charge in [-0.1, -0.05) is 30.3 Å². The van der Waals surface area contributed by atoms with Crippen molar-refractivity contribution in [3.63, 3.8) is 0 Å². The van der Waals surface area contributed by atoms with Crippen molar-refractivity contribution in [2.24, 2.45) is 0 Å². The molecule has 0 spiro atoms. The molecule has 0 amide bonds. The van der Waals surface area contributed by atoms with Crippen molar-refractivity contribution in [3.8, 4) is 11.5 Å². The van der Waals surface area contributed by atoms with Crippen molar-refractivity contribution < 1.29 is 49.3 Å². The van der Waals surface area contributed by atoms with Crippen molar-refractivity contribution in [3.05, 3.63) is 59.7 Å². The van der Waals surface area contributed by atoms with E-state index in [0.717, 1.165) is 5.56 Å². The summed E-state index contributed by atoms with van der Waals surface area (Å²) in [5, 5.41) is 0. The van der Waals surface area contributed by atoms with E-state index in [4.69, 9.17) is 4.74 Å². The molecule has 0 fully saturated rings. The lowest BCUT2D eigenvalue weighted by atomic mass is 10.0. The minimum Gasteiger partial charge on any atom is -0.493 e. The molecule has 0 saturated carbocycles. The van der Waals surface area contributed by atoms with Gasteiger partial charge < -0.3 is 14.2 Å². The summed E-state index contributed by atoms with van der Waals surface area (Å²) < 4.78 is 114. The Balaban J connectivity index is 1.92. The van der Waals surface area contributed by atoms with E-state index < -0.39 is 25.5 Å². The summed E-state index contributed by atoms with van der Waals surface area (Å²) in [7, 11) is 0.623. The van der Waals surface area contributed by atoms with E-state index in [1.165, 1.54) is 18.2 Å². The lowest BCUT2D eigenvalue weighted by Crippen LogP contribution is -2.45. The third-order valence-electron chi connectivity index (χ3n) is 4.73. The molecule has 1 atom stereocenters. The maximum Gasteiger partial charge on any atom is 0.573 e. The van der Waals surface area contributed by atoms with Crippen LogP contribution in [0.1, 0.15) is 24.0 Å². The molecule has 2 rings (SSSR count). The number of nitrogens with zero attached hydrogens (tertiary/aromatic N) is 1. The maximum atomic E-state index is 12.8. The molecule has 0 bridgehead atoms. The molecule has 12 heteroatoms. The van der Waals surface area contributed by atoms with Gasteiger partial charge in [-0.25, -0.2) is 0 Å². The van der Waals surface area contributed by atoms with Gasteiger partial charge in [0, 0.05) is 0 Å². The molecule has 2 aromatic carbocycles. The van der Waals surface area contributed by atoms with Crippen LogP contribution in [0, 0.1) is 0 Å². The molecule has 0 aromatic heterocycles. The summed E-state index contributed by atoms with van der Waals surface area (Å²) >= 11 is 0. The number of ether oxygens (including phenoxy) is 3. The zero-order valence-electron chi connectivity index (χ0n) is 18.0.